The molecule has 20 heavy (non-hydrogen) atoms. The second-order valence-corrected chi connectivity index (χ2v) is 5.88. The number of nitrogens with one attached hydrogen (secondary N) is 1. The number of thioether (sulfide) groups is 1. The summed E-state index contributed by atoms with van der Waals surface area (Å²) >= 11 is 1.38. The second kappa shape index (κ2) is 6.47. The minimum absolute atomic E-state index is 0.116. The summed E-state index contributed by atoms with van der Waals surface area (Å²) in [6.07, 6.45) is -1.32. The number of allylic oxidation sites excluding steroid dienone is 1. The van der Waals surface area contributed by atoms with Crippen LogP contribution in [0.4, 0.5) is 13.2 Å². The van der Waals surface area contributed by atoms with E-state index >= 15 is 0 Å². The molecule has 2 atom stereocenters. The molecule has 0 aromatic carbocycles. The van der Waals surface area contributed by atoms with Crippen molar-refractivity contribution in [1.29, 1.82) is 0 Å². The van der Waals surface area contributed by atoms with Crippen molar-refractivity contribution < 1.29 is 13.2 Å². The summed E-state index contributed by atoms with van der Waals surface area (Å²) in [7, 11) is 3.34. The van der Waals surface area contributed by atoms with Crippen LogP contribution in [-0.2, 0) is 0 Å². The monoisotopic (exact) mass is 307 g/mol. The fourth-order valence-corrected chi connectivity index (χ4v) is 2.51. The van der Waals surface area contributed by atoms with Gasteiger partial charge >= 0.3 is 6.18 Å². The lowest BCUT2D eigenvalue weighted by molar-refractivity contribution is -0.0992. The maximum Gasteiger partial charge on any atom is 0.414 e. The molecule has 114 valence electrons. The molecule has 0 saturated heterocycles. The molecule has 0 aliphatic carbocycles. The molecule has 7 heteroatoms. The first-order valence-corrected chi connectivity index (χ1v) is 7.12. The molecular weight excluding hydrogens is 287 g/mol. The highest BCUT2D eigenvalue weighted by Gasteiger charge is 2.39. The molecule has 0 saturated carbocycles. The largest absolute Gasteiger partial charge is 0.414 e. The normalized spacial score (nSPS) is 22.2. The average Bonchev–Trinajstić information content (AvgIpc) is 2.36. The highest BCUT2D eigenvalue weighted by Crippen LogP contribution is 2.36. The molecule has 0 aromatic rings. The van der Waals surface area contributed by atoms with Crippen molar-refractivity contribution in [2.24, 2.45) is 5.73 Å². The number of likely N-dealkylation sites (N-methyl/N-ethyl adjacent to an activating group) is 1. The number of nitrogens with two attached hydrogens (primary N) is 1. The maximum absolute atomic E-state index is 13.0. The molecular formula is C13H20F3N3S. The van der Waals surface area contributed by atoms with Gasteiger partial charge in [-0.2, -0.15) is 13.2 Å². The molecule has 0 radical (unpaired) electrons. The number of halogens is 3. The van der Waals surface area contributed by atoms with E-state index in [1.165, 1.54) is 17.8 Å². The van der Waals surface area contributed by atoms with Crippen LogP contribution in [0.1, 0.15) is 13.8 Å². The van der Waals surface area contributed by atoms with Gasteiger partial charge in [-0.05, 0) is 25.5 Å². The fourth-order valence-electron chi connectivity index (χ4n) is 1.76. The Kier molecular flexibility index (Phi) is 5.44. The van der Waals surface area contributed by atoms with Crippen LogP contribution in [-0.4, -0.2) is 36.5 Å². The molecule has 1 aliphatic heterocycles. The fraction of sp³-hybridized carbons (Fsp3) is 0.538. The van der Waals surface area contributed by atoms with Gasteiger partial charge in [-0.15, -0.1) is 11.8 Å². The second-order valence-electron chi connectivity index (χ2n) is 4.67. The quantitative estimate of drug-likeness (QED) is 0.838. The molecule has 1 rings (SSSR count). The first-order chi connectivity index (χ1) is 9.16. The van der Waals surface area contributed by atoms with Crippen LogP contribution in [0.25, 0.3) is 0 Å². The van der Waals surface area contributed by atoms with E-state index < -0.39 is 17.8 Å². The van der Waals surface area contributed by atoms with Gasteiger partial charge in [0.1, 0.15) is 5.82 Å². The summed E-state index contributed by atoms with van der Waals surface area (Å²) in [6, 6.07) is -0.672. The Morgan fingerprint density at radius 2 is 2.15 bits per heavy atom. The molecule has 0 aromatic heterocycles. The molecule has 0 fully saturated rings. The lowest BCUT2D eigenvalue weighted by Gasteiger charge is -2.32. The van der Waals surface area contributed by atoms with Crippen LogP contribution < -0.4 is 11.1 Å². The third kappa shape index (κ3) is 4.13. The third-order valence-electron chi connectivity index (χ3n) is 3.22. The summed E-state index contributed by atoms with van der Waals surface area (Å²) < 4.78 is 39.0. The molecule has 0 bridgehead atoms. The van der Waals surface area contributed by atoms with Gasteiger partial charge in [0.05, 0.1) is 11.6 Å². The van der Waals surface area contributed by atoms with E-state index in [9.17, 15) is 13.2 Å². The van der Waals surface area contributed by atoms with Crippen LogP contribution >= 0.6 is 11.8 Å². The van der Waals surface area contributed by atoms with Gasteiger partial charge in [-0.25, -0.2) is 0 Å². The van der Waals surface area contributed by atoms with Gasteiger partial charge in [-0.1, -0.05) is 0 Å². The van der Waals surface area contributed by atoms with Gasteiger partial charge in [0, 0.05) is 31.0 Å². The summed E-state index contributed by atoms with van der Waals surface area (Å²) in [5, 5.41) is 4.35. The first kappa shape index (κ1) is 16.8. The summed E-state index contributed by atoms with van der Waals surface area (Å²) in [5.74, 6) is 0.486. The zero-order valence-corrected chi connectivity index (χ0v) is 12.8. The Morgan fingerprint density at radius 1 is 1.55 bits per heavy atom. The Morgan fingerprint density at radius 3 is 2.65 bits per heavy atom. The minimum Gasteiger partial charge on any atom is -0.385 e. The van der Waals surface area contributed by atoms with Crippen LogP contribution in [0.2, 0.25) is 0 Å². The zero-order valence-electron chi connectivity index (χ0n) is 12.0. The van der Waals surface area contributed by atoms with Crippen molar-refractivity contribution in [2.75, 3.05) is 14.1 Å². The van der Waals surface area contributed by atoms with E-state index in [1.54, 1.807) is 37.5 Å². The van der Waals surface area contributed by atoms with Crippen molar-refractivity contribution in [3.63, 3.8) is 0 Å². The van der Waals surface area contributed by atoms with Gasteiger partial charge in [0.25, 0.3) is 0 Å². The summed E-state index contributed by atoms with van der Waals surface area (Å²) in [6.45, 7) is 3.40. The third-order valence-corrected chi connectivity index (χ3v) is 4.29. The van der Waals surface area contributed by atoms with Crippen molar-refractivity contribution in [3.8, 4) is 0 Å². The number of rotatable bonds is 4. The molecule has 1 heterocycles. The van der Waals surface area contributed by atoms with Gasteiger partial charge in [0.2, 0.25) is 0 Å². The van der Waals surface area contributed by atoms with Crippen molar-refractivity contribution in [3.05, 3.63) is 34.7 Å². The Labute approximate surface area is 121 Å². The topological polar surface area (TPSA) is 41.3 Å². The van der Waals surface area contributed by atoms with E-state index in [4.69, 9.17) is 5.73 Å². The Bertz CT molecular complexity index is 441. The molecule has 3 N–H and O–H groups in total. The van der Waals surface area contributed by atoms with Crippen molar-refractivity contribution in [1.82, 2.24) is 10.2 Å². The molecule has 0 amide bonds. The van der Waals surface area contributed by atoms with Crippen LogP contribution in [0.5, 0.6) is 0 Å². The molecule has 0 spiro atoms. The van der Waals surface area contributed by atoms with Crippen molar-refractivity contribution in [2.45, 2.75) is 31.3 Å². The predicted molar refractivity (Wildman–Crippen MR) is 77.8 cm³/mol. The number of nitrogens with zero attached hydrogens (tertiary/aromatic N) is 1. The van der Waals surface area contributed by atoms with Gasteiger partial charge in [0.15, 0.2) is 0 Å². The average molecular weight is 307 g/mol. The van der Waals surface area contributed by atoms with Crippen LogP contribution in [0.3, 0.4) is 0 Å². The molecule has 1 aliphatic rings. The highest BCUT2D eigenvalue weighted by molar-refractivity contribution is 8.02. The van der Waals surface area contributed by atoms with Gasteiger partial charge < -0.3 is 16.0 Å². The first-order valence-electron chi connectivity index (χ1n) is 6.18. The lowest BCUT2D eigenvalue weighted by Crippen LogP contribution is -2.36. The Hall–Kier alpha value is -1.24. The number of hydrogen-bond acceptors (Lipinski definition) is 4. The lowest BCUT2D eigenvalue weighted by atomic mass is 9.99. The minimum atomic E-state index is -4.31. The molecule has 2 unspecified atom stereocenters. The summed E-state index contributed by atoms with van der Waals surface area (Å²) in [5.41, 5.74) is 5.71. The van der Waals surface area contributed by atoms with E-state index in [-0.39, 0.29) is 5.25 Å². The van der Waals surface area contributed by atoms with Crippen LogP contribution in [0, 0.1) is 0 Å². The van der Waals surface area contributed by atoms with Crippen molar-refractivity contribution >= 4 is 11.8 Å². The van der Waals surface area contributed by atoms with E-state index in [2.05, 4.69) is 5.32 Å². The Balaban J connectivity index is 2.94. The van der Waals surface area contributed by atoms with Crippen LogP contribution in [0.15, 0.2) is 34.7 Å². The standard InChI is InChI=1S/C13H20F3N3S/c1-8-11(13(14,15)16)5-10(6-19(8)4)9(2)20-7-12(17)18-3/h5-9,18H,17H2,1-4H3/b12-7+. The molecule has 3 nitrogen and oxygen atoms in total. The summed E-state index contributed by atoms with van der Waals surface area (Å²) in [4.78, 5) is 1.58. The number of alkyl halides is 3. The highest BCUT2D eigenvalue weighted by atomic mass is 32.2. The SMILES string of the molecule is CN/C(N)=C/SC(C)C1=CN(C)C(C)C(C(F)(F)F)=C1. The maximum atomic E-state index is 13.0. The van der Waals surface area contributed by atoms with Gasteiger partial charge in [-0.3, -0.25) is 0 Å². The van der Waals surface area contributed by atoms with E-state index in [0.717, 1.165) is 0 Å². The number of hydrogen-bond donors (Lipinski definition) is 2. The predicted octanol–water partition coefficient (Wildman–Crippen LogP) is 2.79. The zero-order chi connectivity index (χ0) is 15.5. The van der Waals surface area contributed by atoms with E-state index in [0.29, 0.717) is 11.4 Å². The smallest absolute Gasteiger partial charge is 0.385 e. The van der Waals surface area contributed by atoms with E-state index in [1.807, 2.05) is 6.92 Å².